The molecule has 1 saturated heterocycles. The van der Waals surface area contributed by atoms with E-state index < -0.39 is 26.6 Å². The Hall–Kier alpha value is -2.33. The fourth-order valence-corrected chi connectivity index (χ4v) is 4.19. The van der Waals surface area contributed by atoms with Crippen LogP contribution in [-0.4, -0.2) is 49.0 Å². The minimum absolute atomic E-state index is 0.159. The lowest BCUT2D eigenvalue weighted by Gasteiger charge is -2.31. The number of sulfonamides is 1. The second-order valence-electron chi connectivity index (χ2n) is 5.68. The van der Waals surface area contributed by atoms with E-state index in [1.165, 1.54) is 17.6 Å². The zero-order valence-electron chi connectivity index (χ0n) is 13.9. The van der Waals surface area contributed by atoms with Gasteiger partial charge in [0.2, 0.25) is 15.9 Å². The van der Waals surface area contributed by atoms with E-state index in [-0.39, 0.29) is 25.2 Å². The molecule has 1 aliphatic heterocycles. The van der Waals surface area contributed by atoms with Gasteiger partial charge in [-0.05, 0) is 25.0 Å². The van der Waals surface area contributed by atoms with Crippen molar-refractivity contribution in [2.24, 2.45) is 0 Å². The summed E-state index contributed by atoms with van der Waals surface area (Å²) < 4.78 is 63.8. The van der Waals surface area contributed by atoms with Gasteiger partial charge in [0.15, 0.2) is 0 Å². The van der Waals surface area contributed by atoms with Crippen LogP contribution in [0.15, 0.2) is 35.4 Å². The van der Waals surface area contributed by atoms with E-state index in [0.717, 1.165) is 12.1 Å². The Morgan fingerprint density at radius 1 is 1.19 bits per heavy atom. The van der Waals surface area contributed by atoms with Crippen LogP contribution in [0.3, 0.4) is 0 Å². The molecular formula is C16H17F2N3O4S. The van der Waals surface area contributed by atoms with Gasteiger partial charge in [0, 0.05) is 31.4 Å². The van der Waals surface area contributed by atoms with Gasteiger partial charge in [-0.3, -0.25) is 0 Å². The molecule has 0 aliphatic carbocycles. The van der Waals surface area contributed by atoms with Crippen molar-refractivity contribution >= 4 is 10.0 Å². The summed E-state index contributed by atoms with van der Waals surface area (Å²) >= 11 is 0. The first-order chi connectivity index (χ1) is 12.4. The Balaban J connectivity index is 1.65. The molecule has 0 unspecified atom stereocenters. The third kappa shape index (κ3) is 3.91. The van der Waals surface area contributed by atoms with Gasteiger partial charge in [0.05, 0.1) is 7.11 Å². The number of methoxy groups -OCH3 is 1. The zero-order chi connectivity index (χ0) is 18.7. The largest absolute Gasteiger partial charge is 0.474 e. The van der Waals surface area contributed by atoms with E-state index >= 15 is 0 Å². The highest BCUT2D eigenvalue weighted by Gasteiger charge is 2.32. The van der Waals surface area contributed by atoms with Gasteiger partial charge in [-0.25, -0.2) is 22.2 Å². The topological polar surface area (TPSA) is 81.6 Å². The highest BCUT2D eigenvalue weighted by Crippen LogP contribution is 2.25. The van der Waals surface area contributed by atoms with Gasteiger partial charge in [-0.2, -0.15) is 9.29 Å². The monoisotopic (exact) mass is 385 g/mol. The minimum atomic E-state index is -4.03. The summed E-state index contributed by atoms with van der Waals surface area (Å²) in [6, 6.07) is 4.18. The van der Waals surface area contributed by atoms with Crippen LogP contribution in [0.1, 0.15) is 12.8 Å². The smallest absolute Gasteiger partial charge is 0.319 e. The Labute approximate surface area is 149 Å². The molecule has 0 bridgehead atoms. The molecule has 0 amide bonds. The lowest BCUT2D eigenvalue weighted by atomic mass is 10.1. The Morgan fingerprint density at radius 3 is 2.58 bits per heavy atom. The Bertz CT molecular complexity index is 887. The molecule has 1 aliphatic rings. The van der Waals surface area contributed by atoms with Crippen LogP contribution >= 0.6 is 0 Å². The predicted molar refractivity (Wildman–Crippen MR) is 87.4 cm³/mol. The van der Waals surface area contributed by atoms with Gasteiger partial charge >= 0.3 is 6.01 Å². The number of aromatic nitrogens is 2. The first-order valence-electron chi connectivity index (χ1n) is 7.89. The van der Waals surface area contributed by atoms with Gasteiger partial charge in [-0.15, -0.1) is 0 Å². The molecule has 1 fully saturated rings. The van der Waals surface area contributed by atoms with Crippen LogP contribution in [0.5, 0.6) is 11.9 Å². The summed E-state index contributed by atoms with van der Waals surface area (Å²) in [5.41, 5.74) is 0. The van der Waals surface area contributed by atoms with Crippen LogP contribution in [0.25, 0.3) is 0 Å². The SMILES string of the molecule is COc1nccc(OC2CCN(S(=O)(=O)c3ccc(F)cc3F)CC2)n1. The summed E-state index contributed by atoms with van der Waals surface area (Å²) in [5.74, 6) is -1.59. The van der Waals surface area contributed by atoms with Gasteiger partial charge in [0.1, 0.15) is 22.6 Å². The summed E-state index contributed by atoms with van der Waals surface area (Å²) in [6.07, 6.45) is 2.08. The fourth-order valence-electron chi connectivity index (χ4n) is 2.67. The molecule has 1 aromatic heterocycles. The number of nitrogens with zero attached hydrogens (tertiary/aromatic N) is 3. The normalized spacial score (nSPS) is 16.4. The molecule has 0 radical (unpaired) electrons. The van der Waals surface area contributed by atoms with Gasteiger partial charge in [0.25, 0.3) is 0 Å². The molecular weight excluding hydrogens is 368 g/mol. The molecule has 1 aromatic carbocycles. The maximum Gasteiger partial charge on any atom is 0.319 e. The lowest BCUT2D eigenvalue weighted by Crippen LogP contribution is -2.42. The highest BCUT2D eigenvalue weighted by atomic mass is 32.2. The summed E-state index contributed by atoms with van der Waals surface area (Å²) in [4.78, 5) is 7.40. The summed E-state index contributed by atoms with van der Waals surface area (Å²) in [5, 5.41) is 0. The number of piperidine rings is 1. The van der Waals surface area contributed by atoms with Crippen LogP contribution in [0.4, 0.5) is 8.78 Å². The van der Waals surface area contributed by atoms with E-state index in [2.05, 4.69) is 9.97 Å². The molecule has 0 saturated carbocycles. The van der Waals surface area contributed by atoms with Crippen LogP contribution in [-0.2, 0) is 10.0 Å². The second-order valence-corrected chi connectivity index (χ2v) is 7.58. The standard InChI is InChI=1S/C16H17F2N3O4S/c1-24-16-19-7-4-15(20-16)25-12-5-8-21(9-6-12)26(22,23)14-3-2-11(17)10-13(14)18/h2-4,7,10,12H,5-6,8-9H2,1H3. The second kappa shape index (κ2) is 7.50. The fraction of sp³-hybridized carbons (Fsp3) is 0.375. The Kier molecular flexibility index (Phi) is 5.33. The van der Waals surface area contributed by atoms with Crippen LogP contribution in [0.2, 0.25) is 0 Å². The van der Waals surface area contributed by atoms with E-state index in [4.69, 9.17) is 9.47 Å². The Morgan fingerprint density at radius 2 is 1.92 bits per heavy atom. The molecule has 3 rings (SSSR count). The molecule has 10 heteroatoms. The summed E-state index contributed by atoms with van der Waals surface area (Å²) in [7, 11) is -2.58. The number of ether oxygens (including phenoxy) is 2. The van der Waals surface area contributed by atoms with Crippen molar-refractivity contribution in [1.82, 2.24) is 14.3 Å². The van der Waals surface area contributed by atoms with Crippen LogP contribution in [0, 0.1) is 11.6 Å². The van der Waals surface area contributed by atoms with E-state index in [0.29, 0.717) is 24.8 Å². The zero-order valence-corrected chi connectivity index (χ0v) is 14.7. The molecule has 26 heavy (non-hydrogen) atoms. The molecule has 2 heterocycles. The van der Waals surface area contributed by atoms with Crippen LogP contribution < -0.4 is 9.47 Å². The number of hydrogen-bond acceptors (Lipinski definition) is 6. The van der Waals surface area contributed by atoms with Crippen molar-refractivity contribution in [2.75, 3.05) is 20.2 Å². The van der Waals surface area contributed by atoms with E-state index in [9.17, 15) is 17.2 Å². The predicted octanol–water partition coefficient (Wildman–Crippen LogP) is 2.00. The van der Waals surface area contributed by atoms with Gasteiger partial charge < -0.3 is 9.47 Å². The molecule has 2 aromatic rings. The molecule has 0 N–H and O–H groups in total. The molecule has 7 nitrogen and oxygen atoms in total. The lowest BCUT2D eigenvalue weighted by molar-refractivity contribution is 0.128. The van der Waals surface area contributed by atoms with E-state index in [1.54, 1.807) is 6.07 Å². The maximum atomic E-state index is 13.8. The highest BCUT2D eigenvalue weighted by molar-refractivity contribution is 7.89. The summed E-state index contributed by atoms with van der Waals surface area (Å²) in [6.45, 7) is 0.318. The number of hydrogen-bond donors (Lipinski definition) is 0. The average molecular weight is 385 g/mol. The number of halogens is 2. The third-order valence-electron chi connectivity index (χ3n) is 3.99. The van der Waals surface area contributed by atoms with Crippen molar-refractivity contribution in [1.29, 1.82) is 0 Å². The van der Waals surface area contributed by atoms with Crippen molar-refractivity contribution < 1.29 is 26.7 Å². The van der Waals surface area contributed by atoms with Gasteiger partial charge in [-0.1, -0.05) is 0 Å². The minimum Gasteiger partial charge on any atom is -0.474 e. The quantitative estimate of drug-likeness (QED) is 0.783. The first kappa shape index (κ1) is 18.5. The van der Waals surface area contributed by atoms with Crippen molar-refractivity contribution in [3.63, 3.8) is 0 Å². The number of benzene rings is 1. The molecule has 0 atom stereocenters. The van der Waals surface area contributed by atoms with Crippen molar-refractivity contribution in [2.45, 2.75) is 23.8 Å². The molecule has 140 valence electrons. The number of rotatable bonds is 5. The average Bonchev–Trinajstić information content (AvgIpc) is 2.62. The first-order valence-corrected chi connectivity index (χ1v) is 9.33. The van der Waals surface area contributed by atoms with Crippen molar-refractivity contribution in [3.8, 4) is 11.9 Å². The maximum absolute atomic E-state index is 13.8. The third-order valence-corrected chi connectivity index (χ3v) is 5.92. The van der Waals surface area contributed by atoms with Crippen molar-refractivity contribution in [3.05, 3.63) is 42.1 Å². The molecule has 0 spiro atoms. The van der Waals surface area contributed by atoms with E-state index in [1.807, 2.05) is 0 Å².